The van der Waals surface area contributed by atoms with Crippen LogP contribution in [-0.2, 0) is 28.6 Å². The minimum absolute atomic E-state index is 0.0878. The summed E-state index contributed by atoms with van der Waals surface area (Å²) in [7, 11) is 0. The number of unbranched alkanes of at least 4 members (excludes halogenated alkanes) is 33. The highest BCUT2D eigenvalue weighted by Crippen LogP contribution is 2.17. The fraction of sp³-hybridized carbons (Fsp3) is 0.773. The standard InChI is InChI=1S/C66H116O6/c1-4-7-10-13-16-19-22-24-25-26-27-28-29-30-31-32-33-34-35-36-37-38-39-40-41-43-44-47-50-53-56-59-65(68)71-62-63(61-70-64(67)58-55-52-49-46-21-18-15-12-9-6-3)72-66(69)60-57-54-51-48-45-42-23-20-17-14-11-8-5-2/h8,11-12,15,17,20,22,24,26-27,42,45,63H,4-7,9-10,13-14,16,18-19,21,23,25,28-41,43-44,46-62H2,1-3H3/b11-8-,15-12-,20-17-,24-22-,27-26-,45-42-. The summed E-state index contributed by atoms with van der Waals surface area (Å²) < 4.78 is 16.8. The van der Waals surface area contributed by atoms with Gasteiger partial charge in [0.15, 0.2) is 6.10 Å². The van der Waals surface area contributed by atoms with Crippen LogP contribution in [0, 0.1) is 0 Å². The topological polar surface area (TPSA) is 78.9 Å². The first kappa shape index (κ1) is 68.8. The third-order valence-electron chi connectivity index (χ3n) is 13.4. The molecule has 0 saturated carbocycles. The quantitative estimate of drug-likeness (QED) is 0.0261. The largest absolute Gasteiger partial charge is 0.462 e. The Balaban J connectivity index is 4.08. The van der Waals surface area contributed by atoms with Crippen LogP contribution in [0.3, 0.4) is 0 Å². The van der Waals surface area contributed by atoms with E-state index in [1.54, 1.807) is 0 Å². The maximum absolute atomic E-state index is 12.8. The lowest BCUT2D eigenvalue weighted by molar-refractivity contribution is -0.167. The number of ether oxygens (including phenoxy) is 3. The first-order valence-corrected chi connectivity index (χ1v) is 30.9. The van der Waals surface area contributed by atoms with Crippen LogP contribution in [0.25, 0.3) is 0 Å². The van der Waals surface area contributed by atoms with E-state index in [1.807, 2.05) is 0 Å². The second-order valence-electron chi connectivity index (χ2n) is 20.6. The highest BCUT2D eigenvalue weighted by atomic mass is 16.6. The molecule has 0 aliphatic carbocycles. The molecule has 1 unspecified atom stereocenters. The van der Waals surface area contributed by atoms with Crippen LogP contribution in [0.2, 0.25) is 0 Å². The van der Waals surface area contributed by atoms with E-state index >= 15 is 0 Å². The zero-order valence-electron chi connectivity index (χ0n) is 47.7. The van der Waals surface area contributed by atoms with Crippen molar-refractivity contribution in [2.75, 3.05) is 13.2 Å². The molecule has 0 amide bonds. The van der Waals surface area contributed by atoms with Gasteiger partial charge >= 0.3 is 17.9 Å². The molecule has 0 fully saturated rings. The summed E-state index contributed by atoms with van der Waals surface area (Å²) in [5.74, 6) is -0.920. The number of hydrogen-bond acceptors (Lipinski definition) is 6. The molecule has 0 N–H and O–H groups in total. The average molecular weight is 1010 g/mol. The van der Waals surface area contributed by atoms with Crippen LogP contribution in [-0.4, -0.2) is 37.2 Å². The van der Waals surface area contributed by atoms with Gasteiger partial charge in [-0.25, -0.2) is 0 Å². The van der Waals surface area contributed by atoms with Gasteiger partial charge in [0, 0.05) is 19.3 Å². The maximum Gasteiger partial charge on any atom is 0.306 e. The predicted octanol–water partition coefficient (Wildman–Crippen LogP) is 20.9. The van der Waals surface area contributed by atoms with Gasteiger partial charge in [0.1, 0.15) is 13.2 Å². The number of carbonyl (C=O) groups excluding carboxylic acids is 3. The van der Waals surface area contributed by atoms with Crippen molar-refractivity contribution in [2.45, 2.75) is 316 Å². The predicted molar refractivity (Wildman–Crippen MR) is 311 cm³/mol. The highest BCUT2D eigenvalue weighted by Gasteiger charge is 2.19. The molecule has 72 heavy (non-hydrogen) atoms. The summed E-state index contributed by atoms with van der Waals surface area (Å²) in [6.45, 7) is 6.44. The van der Waals surface area contributed by atoms with Gasteiger partial charge in [-0.2, -0.15) is 0 Å². The van der Waals surface area contributed by atoms with Gasteiger partial charge in [0.2, 0.25) is 0 Å². The summed E-state index contributed by atoms with van der Waals surface area (Å²) in [5, 5.41) is 0. The first-order chi connectivity index (χ1) is 35.5. The average Bonchev–Trinajstić information content (AvgIpc) is 3.38. The molecular formula is C66H116O6. The van der Waals surface area contributed by atoms with Crippen molar-refractivity contribution in [3.8, 4) is 0 Å². The molecule has 0 aromatic rings. The molecule has 0 aliphatic rings. The Kier molecular flexibility index (Phi) is 57.8. The number of allylic oxidation sites excluding steroid dienone is 12. The molecule has 0 radical (unpaired) electrons. The second-order valence-corrected chi connectivity index (χ2v) is 20.6. The van der Waals surface area contributed by atoms with Gasteiger partial charge in [0.25, 0.3) is 0 Å². The monoisotopic (exact) mass is 1000 g/mol. The Labute approximate surface area is 446 Å². The number of carbonyl (C=O) groups is 3. The molecule has 0 rings (SSSR count). The Hall–Kier alpha value is -3.15. The molecule has 0 aliphatic heterocycles. The highest BCUT2D eigenvalue weighted by molar-refractivity contribution is 5.71. The molecule has 0 aromatic carbocycles. The molecule has 1 atom stereocenters. The lowest BCUT2D eigenvalue weighted by atomic mass is 10.0. The minimum Gasteiger partial charge on any atom is -0.462 e. The summed E-state index contributed by atoms with van der Waals surface area (Å²) in [6.07, 6.45) is 78.0. The van der Waals surface area contributed by atoms with Crippen LogP contribution in [0.1, 0.15) is 310 Å². The summed E-state index contributed by atoms with van der Waals surface area (Å²) in [5.41, 5.74) is 0. The SMILES string of the molecule is CC/C=C\C/C=C\C/C=C\CCCCCC(=O)OC(COC(=O)CCCCCCC/C=C\CCC)COC(=O)CCCCCCCCCCCCCCCCCCCCC/C=C\C/C=C\CCCCCCC. The smallest absolute Gasteiger partial charge is 0.306 e. The van der Waals surface area contributed by atoms with Gasteiger partial charge in [-0.05, 0) is 103 Å². The fourth-order valence-electron chi connectivity index (χ4n) is 8.79. The third-order valence-corrected chi connectivity index (χ3v) is 13.4. The molecule has 0 saturated heterocycles. The van der Waals surface area contributed by atoms with E-state index in [0.29, 0.717) is 19.3 Å². The lowest BCUT2D eigenvalue weighted by Gasteiger charge is -2.18. The Morgan fingerprint density at radius 3 is 0.931 bits per heavy atom. The van der Waals surface area contributed by atoms with Crippen LogP contribution >= 0.6 is 0 Å². The molecule has 0 heterocycles. The Morgan fingerprint density at radius 2 is 0.569 bits per heavy atom. The van der Waals surface area contributed by atoms with Crippen molar-refractivity contribution in [3.05, 3.63) is 72.9 Å². The molecule has 6 heteroatoms. The third kappa shape index (κ3) is 57.7. The van der Waals surface area contributed by atoms with E-state index < -0.39 is 6.10 Å². The number of hydrogen-bond donors (Lipinski definition) is 0. The molecule has 0 bridgehead atoms. The lowest BCUT2D eigenvalue weighted by Crippen LogP contribution is -2.30. The van der Waals surface area contributed by atoms with E-state index in [-0.39, 0.29) is 31.1 Å². The summed E-state index contributed by atoms with van der Waals surface area (Å²) >= 11 is 0. The van der Waals surface area contributed by atoms with E-state index in [0.717, 1.165) is 103 Å². The maximum atomic E-state index is 12.8. The summed E-state index contributed by atoms with van der Waals surface area (Å²) in [4.78, 5) is 38.0. The first-order valence-electron chi connectivity index (χ1n) is 30.9. The van der Waals surface area contributed by atoms with Crippen LogP contribution in [0.5, 0.6) is 0 Å². The molecule has 0 aromatic heterocycles. The normalized spacial score (nSPS) is 12.5. The van der Waals surface area contributed by atoms with Gasteiger partial charge < -0.3 is 14.2 Å². The van der Waals surface area contributed by atoms with Crippen molar-refractivity contribution < 1.29 is 28.6 Å². The second kappa shape index (κ2) is 60.4. The Morgan fingerprint density at radius 1 is 0.292 bits per heavy atom. The molecular weight excluding hydrogens is 889 g/mol. The van der Waals surface area contributed by atoms with Gasteiger partial charge in [-0.3, -0.25) is 14.4 Å². The molecule has 416 valence electrons. The van der Waals surface area contributed by atoms with Crippen molar-refractivity contribution in [2.24, 2.45) is 0 Å². The summed E-state index contributed by atoms with van der Waals surface area (Å²) in [6, 6.07) is 0. The van der Waals surface area contributed by atoms with Crippen LogP contribution in [0.4, 0.5) is 0 Å². The Bertz CT molecular complexity index is 1340. The zero-order valence-corrected chi connectivity index (χ0v) is 47.7. The number of rotatable bonds is 56. The molecule has 0 spiro atoms. The zero-order chi connectivity index (χ0) is 52.2. The fourth-order valence-corrected chi connectivity index (χ4v) is 8.79. The van der Waals surface area contributed by atoms with Crippen molar-refractivity contribution in [1.82, 2.24) is 0 Å². The molecule has 6 nitrogen and oxygen atoms in total. The van der Waals surface area contributed by atoms with E-state index in [9.17, 15) is 14.4 Å². The van der Waals surface area contributed by atoms with Gasteiger partial charge in [0.05, 0.1) is 0 Å². The van der Waals surface area contributed by atoms with Crippen LogP contribution < -0.4 is 0 Å². The van der Waals surface area contributed by atoms with Crippen molar-refractivity contribution in [1.29, 1.82) is 0 Å². The van der Waals surface area contributed by atoms with Gasteiger partial charge in [-0.15, -0.1) is 0 Å². The van der Waals surface area contributed by atoms with Crippen molar-refractivity contribution >= 4 is 17.9 Å². The van der Waals surface area contributed by atoms with Gasteiger partial charge in [-0.1, -0.05) is 261 Å². The van der Waals surface area contributed by atoms with E-state index in [4.69, 9.17) is 14.2 Å². The van der Waals surface area contributed by atoms with E-state index in [1.165, 1.54) is 167 Å². The van der Waals surface area contributed by atoms with E-state index in [2.05, 4.69) is 93.7 Å². The number of esters is 3. The minimum atomic E-state index is -0.792. The van der Waals surface area contributed by atoms with Crippen LogP contribution in [0.15, 0.2) is 72.9 Å². The van der Waals surface area contributed by atoms with Crippen molar-refractivity contribution in [3.63, 3.8) is 0 Å².